The summed E-state index contributed by atoms with van der Waals surface area (Å²) in [5.41, 5.74) is 0. The molecule has 1 amide bonds. The lowest BCUT2D eigenvalue weighted by molar-refractivity contribution is -0.411. The number of aliphatic carboxylic acids is 1. The first-order valence-electron chi connectivity index (χ1n) is 16.5. The molecule has 0 saturated carbocycles. The van der Waals surface area contributed by atoms with Gasteiger partial charge in [0.25, 0.3) is 0 Å². The largest absolute Gasteiger partial charge is 0.544 e. The van der Waals surface area contributed by atoms with Gasteiger partial charge in [0, 0.05) is 13.3 Å². The van der Waals surface area contributed by atoms with Crippen molar-refractivity contribution >= 4 is 27.8 Å². The number of aliphatic hydroxyl groups excluding tert-OH is 12. The van der Waals surface area contributed by atoms with Crippen molar-refractivity contribution in [2.75, 3.05) is 19.8 Å². The van der Waals surface area contributed by atoms with Crippen LogP contribution in [0.25, 0.3) is 0 Å². The number of ether oxygens (including phenoxy) is 7. The second-order valence-electron chi connectivity index (χ2n) is 13.2. The standard InChI is InChI=1S/C29H48BrNO22/c1-7-15(38)18(41)19(42)26(47-7)51-22-13(30)25(44)48-12(6-34)21(22)50-27-20(43)24(17(40)11(5-33)49-27)53-29(28(45)46)3-9(36)14(31-8(2)35)23(52-29)16(39)10(37)4-32/h7,9-27,32-34,36-44H,3-6H2,1-2H3,(H,31,35)(H,45,46)/p-1/t7-,9?,10+,11?,12?,13?,14+,15?,16+,17?,18?,19?,20?,21+,22?,23?,24-,25-,26-,27-,29-/m0/s1. The fraction of sp³-hybridized carbons (Fsp3) is 0.931. The molecule has 0 aliphatic carbocycles. The molecule has 0 aromatic heterocycles. The van der Waals surface area contributed by atoms with E-state index in [1.807, 2.05) is 0 Å². The highest BCUT2D eigenvalue weighted by Gasteiger charge is 2.58. The summed E-state index contributed by atoms with van der Waals surface area (Å²) in [6.45, 7) is -0.606. The van der Waals surface area contributed by atoms with Crippen LogP contribution in [-0.2, 0) is 42.7 Å². The molecule has 4 fully saturated rings. The molecule has 21 atom stereocenters. The zero-order valence-electron chi connectivity index (χ0n) is 28.2. The van der Waals surface area contributed by atoms with Crippen LogP contribution in [0.5, 0.6) is 0 Å². The first kappa shape index (κ1) is 44.4. The van der Waals surface area contributed by atoms with Crippen LogP contribution in [0.3, 0.4) is 0 Å². The highest BCUT2D eigenvalue weighted by molar-refractivity contribution is 9.09. The molecule has 4 aliphatic rings. The summed E-state index contributed by atoms with van der Waals surface area (Å²) in [6.07, 6.45) is -33.8. The zero-order chi connectivity index (χ0) is 39.7. The molecular weight excluding hydrogens is 794 g/mol. The molecule has 4 saturated heterocycles. The number of nitrogens with one attached hydrogen (secondary N) is 1. The molecule has 4 heterocycles. The summed E-state index contributed by atoms with van der Waals surface area (Å²) in [5, 5.41) is 140. The lowest BCUT2D eigenvalue weighted by Gasteiger charge is -2.52. The topological polar surface area (TPSA) is 377 Å². The van der Waals surface area contributed by atoms with Gasteiger partial charge < -0.3 is 110 Å². The highest BCUT2D eigenvalue weighted by Crippen LogP contribution is 2.39. The smallest absolute Gasteiger partial charge is 0.217 e. The predicted octanol–water partition coefficient (Wildman–Crippen LogP) is -9.30. The first-order chi connectivity index (χ1) is 24.8. The summed E-state index contributed by atoms with van der Waals surface area (Å²) in [4.78, 5) is 23.3. The molecule has 0 bridgehead atoms. The third-order valence-corrected chi connectivity index (χ3v) is 10.5. The van der Waals surface area contributed by atoms with Crippen LogP contribution in [0, 0.1) is 0 Å². The van der Waals surface area contributed by atoms with Gasteiger partial charge in [0.05, 0.1) is 42.9 Å². The van der Waals surface area contributed by atoms with Crippen LogP contribution in [-0.4, -0.2) is 220 Å². The Labute approximate surface area is 309 Å². The zero-order valence-corrected chi connectivity index (χ0v) is 29.8. The SMILES string of the molecule is CC(=O)N[C@@H]1C(O)C[C@](O[C@H]2C(O)C(CO)O[C@@H](O[C@@H]3C(CO)O[C@H](O)C(Br)C3O[C@@H]3O[C@@H](C)C(O)C(O)C3O)C2O)(C(=O)[O-])OC1[C@H](O)[C@H](O)CO. The van der Waals surface area contributed by atoms with E-state index in [-0.39, 0.29) is 0 Å². The van der Waals surface area contributed by atoms with Crippen molar-refractivity contribution < 1.29 is 109 Å². The maximum atomic E-state index is 12.7. The molecule has 4 rings (SSSR count). The number of hydrogen-bond donors (Lipinski definition) is 13. The predicted molar refractivity (Wildman–Crippen MR) is 165 cm³/mol. The average molecular weight is 842 g/mol. The molecule has 308 valence electrons. The van der Waals surface area contributed by atoms with Gasteiger partial charge in [0.1, 0.15) is 85.3 Å². The van der Waals surface area contributed by atoms with Crippen molar-refractivity contribution in [3.05, 3.63) is 0 Å². The van der Waals surface area contributed by atoms with Crippen LogP contribution in [0.2, 0.25) is 0 Å². The number of carbonyl (C=O) groups is 2. The number of carboxylic acid groups (broad SMARTS) is 1. The Balaban J connectivity index is 1.66. The molecule has 23 nitrogen and oxygen atoms in total. The number of rotatable bonds is 13. The minimum atomic E-state index is -3.18. The van der Waals surface area contributed by atoms with Crippen LogP contribution < -0.4 is 10.4 Å². The van der Waals surface area contributed by atoms with Crippen LogP contribution >= 0.6 is 15.9 Å². The van der Waals surface area contributed by atoms with E-state index >= 15 is 0 Å². The molecule has 13 N–H and O–H groups in total. The Morgan fingerprint density at radius 2 is 1.45 bits per heavy atom. The number of carboxylic acids is 1. The van der Waals surface area contributed by atoms with Crippen molar-refractivity contribution in [3.63, 3.8) is 0 Å². The molecule has 0 radical (unpaired) electrons. The summed E-state index contributed by atoms with van der Waals surface area (Å²) in [7, 11) is 0. The monoisotopic (exact) mass is 840 g/mol. The van der Waals surface area contributed by atoms with Crippen molar-refractivity contribution in [2.45, 2.75) is 147 Å². The van der Waals surface area contributed by atoms with Gasteiger partial charge >= 0.3 is 0 Å². The minimum Gasteiger partial charge on any atom is -0.544 e. The Kier molecular flexibility index (Phi) is 15.3. The van der Waals surface area contributed by atoms with E-state index in [9.17, 15) is 76.0 Å². The molecular formula is C29H47BrNO22-. The molecule has 0 spiro atoms. The van der Waals surface area contributed by atoms with Gasteiger partial charge in [0.15, 0.2) is 18.9 Å². The van der Waals surface area contributed by atoms with E-state index < -0.39 is 165 Å². The molecule has 4 aliphatic heterocycles. The van der Waals surface area contributed by atoms with Gasteiger partial charge in [-0.25, -0.2) is 0 Å². The first-order valence-corrected chi connectivity index (χ1v) is 17.4. The van der Waals surface area contributed by atoms with E-state index in [4.69, 9.17) is 33.2 Å². The molecule has 53 heavy (non-hydrogen) atoms. The fourth-order valence-corrected chi connectivity index (χ4v) is 7.10. The number of amides is 1. The number of halogens is 1. The van der Waals surface area contributed by atoms with Gasteiger partial charge in [-0.1, -0.05) is 15.9 Å². The number of aliphatic hydroxyl groups is 12. The quantitative estimate of drug-likeness (QED) is 0.0766. The number of carbonyl (C=O) groups excluding carboxylic acids is 2. The van der Waals surface area contributed by atoms with Crippen LogP contribution in [0.15, 0.2) is 0 Å². The van der Waals surface area contributed by atoms with E-state index in [1.165, 1.54) is 6.92 Å². The molecule has 0 aromatic carbocycles. The van der Waals surface area contributed by atoms with E-state index in [0.29, 0.717) is 0 Å². The van der Waals surface area contributed by atoms with Gasteiger partial charge in [-0.15, -0.1) is 0 Å². The lowest BCUT2D eigenvalue weighted by atomic mass is 9.88. The summed E-state index contributed by atoms with van der Waals surface area (Å²) in [6, 6.07) is -1.60. The van der Waals surface area contributed by atoms with Crippen LogP contribution in [0.4, 0.5) is 0 Å². The normalized spacial score (nSPS) is 47.8. The van der Waals surface area contributed by atoms with E-state index in [1.54, 1.807) is 0 Å². The second-order valence-corrected chi connectivity index (χ2v) is 14.3. The third kappa shape index (κ3) is 9.29. The Bertz CT molecular complexity index is 1230. The van der Waals surface area contributed by atoms with E-state index in [2.05, 4.69) is 21.2 Å². The van der Waals surface area contributed by atoms with Gasteiger partial charge in [-0.3, -0.25) is 4.79 Å². The lowest BCUT2D eigenvalue weighted by Crippen LogP contribution is -2.72. The minimum absolute atomic E-state index is 0.780. The third-order valence-electron chi connectivity index (χ3n) is 9.48. The Hall–Kier alpha value is -1.34. The Morgan fingerprint density at radius 1 is 0.849 bits per heavy atom. The number of hydrogen-bond acceptors (Lipinski definition) is 22. The number of alkyl halides is 1. The van der Waals surface area contributed by atoms with Crippen molar-refractivity contribution in [1.29, 1.82) is 0 Å². The molecule has 11 unspecified atom stereocenters. The van der Waals surface area contributed by atoms with Gasteiger partial charge in [0.2, 0.25) is 11.7 Å². The maximum absolute atomic E-state index is 12.7. The van der Waals surface area contributed by atoms with Gasteiger partial charge in [-0.05, 0) is 6.92 Å². The summed E-state index contributed by atoms with van der Waals surface area (Å²) < 4.78 is 39.4. The molecule has 24 heteroatoms. The summed E-state index contributed by atoms with van der Waals surface area (Å²) >= 11 is 3.17. The van der Waals surface area contributed by atoms with Crippen molar-refractivity contribution in [2.24, 2.45) is 0 Å². The van der Waals surface area contributed by atoms with Gasteiger partial charge in [-0.2, -0.15) is 0 Å². The average Bonchev–Trinajstić information content (AvgIpc) is 3.11. The van der Waals surface area contributed by atoms with E-state index in [0.717, 1.165) is 6.92 Å². The Morgan fingerprint density at radius 3 is 2.02 bits per heavy atom. The molecule has 0 aromatic rings. The van der Waals surface area contributed by atoms with Crippen molar-refractivity contribution in [3.8, 4) is 0 Å². The maximum Gasteiger partial charge on any atom is 0.217 e. The summed E-state index contributed by atoms with van der Waals surface area (Å²) in [5.74, 6) is -6.20. The van der Waals surface area contributed by atoms with Crippen LogP contribution in [0.1, 0.15) is 20.3 Å². The van der Waals surface area contributed by atoms with Crippen molar-refractivity contribution in [1.82, 2.24) is 5.32 Å². The highest BCUT2D eigenvalue weighted by atomic mass is 79.9. The fourth-order valence-electron chi connectivity index (χ4n) is 6.55. The second kappa shape index (κ2) is 18.3.